The first kappa shape index (κ1) is 14.0. The fourth-order valence-electron chi connectivity index (χ4n) is 2.08. The molecule has 0 spiro atoms. The normalized spacial score (nSPS) is 16.4. The van der Waals surface area contributed by atoms with E-state index in [1.54, 1.807) is 16.2 Å². The molecule has 5 nitrogen and oxygen atoms in total. The van der Waals surface area contributed by atoms with Gasteiger partial charge in [-0.3, -0.25) is 9.59 Å². The number of likely N-dealkylation sites (tertiary alicyclic amines) is 1. The molecule has 1 aromatic rings. The fraction of sp³-hybridized carbons (Fsp3) is 0.538. The van der Waals surface area contributed by atoms with Gasteiger partial charge in [-0.2, -0.15) is 0 Å². The first-order chi connectivity index (χ1) is 9.16. The first-order valence-corrected chi connectivity index (χ1v) is 7.30. The number of aliphatic hydroxyl groups is 1. The van der Waals surface area contributed by atoms with Gasteiger partial charge < -0.3 is 15.3 Å². The van der Waals surface area contributed by atoms with Crippen molar-refractivity contribution in [3.63, 3.8) is 0 Å². The number of hydrogen-bond donors (Lipinski definition) is 2. The van der Waals surface area contributed by atoms with Crippen LogP contribution in [0.2, 0.25) is 0 Å². The third kappa shape index (κ3) is 4.04. The number of amides is 2. The summed E-state index contributed by atoms with van der Waals surface area (Å²) in [6.07, 6.45) is 0.564. The van der Waals surface area contributed by atoms with Crippen LogP contribution in [0, 0.1) is 0 Å². The lowest BCUT2D eigenvalue weighted by atomic mass is 10.2. The van der Waals surface area contributed by atoms with Crippen molar-refractivity contribution >= 4 is 23.2 Å². The summed E-state index contributed by atoms with van der Waals surface area (Å²) in [6, 6.07) is 3.84. The number of carbonyl (C=O) groups is 2. The molecule has 1 atom stereocenters. The zero-order valence-electron chi connectivity index (χ0n) is 10.7. The van der Waals surface area contributed by atoms with E-state index in [-0.39, 0.29) is 18.2 Å². The predicted molar refractivity (Wildman–Crippen MR) is 72.6 cm³/mol. The Morgan fingerprint density at radius 1 is 1.42 bits per heavy atom. The zero-order chi connectivity index (χ0) is 13.7. The fourth-order valence-corrected chi connectivity index (χ4v) is 2.73. The van der Waals surface area contributed by atoms with Crippen LogP contribution in [0.5, 0.6) is 0 Å². The molecule has 1 aromatic heterocycles. The second kappa shape index (κ2) is 6.68. The van der Waals surface area contributed by atoms with E-state index in [9.17, 15) is 14.7 Å². The predicted octanol–water partition coefficient (Wildman–Crippen LogP) is 0.738. The van der Waals surface area contributed by atoms with Gasteiger partial charge in [0.25, 0.3) is 5.91 Å². The largest absolute Gasteiger partial charge is 0.383 e. The van der Waals surface area contributed by atoms with E-state index in [1.165, 1.54) is 0 Å². The molecular weight excluding hydrogens is 264 g/mol. The van der Waals surface area contributed by atoms with Crippen molar-refractivity contribution < 1.29 is 14.7 Å². The summed E-state index contributed by atoms with van der Waals surface area (Å²) in [5, 5.41) is 14.4. The highest BCUT2D eigenvalue weighted by atomic mass is 32.1. The maximum Gasteiger partial charge on any atom is 0.251 e. The van der Waals surface area contributed by atoms with Crippen LogP contribution in [0.1, 0.15) is 24.1 Å². The first-order valence-electron chi connectivity index (χ1n) is 6.43. The van der Waals surface area contributed by atoms with E-state index in [0.29, 0.717) is 19.6 Å². The van der Waals surface area contributed by atoms with Crippen LogP contribution in [0.25, 0.3) is 0 Å². The Kier molecular flexibility index (Phi) is 4.93. The molecule has 0 unspecified atom stereocenters. The SMILES string of the molecule is O=C(C[C@@H](O)C(=O)N1CCCC1)NCc1cccs1. The summed E-state index contributed by atoms with van der Waals surface area (Å²) in [5.74, 6) is -0.628. The Balaban J connectivity index is 1.73. The number of rotatable bonds is 5. The average Bonchev–Trinajstić information content (AvgIpc) is 3.08. The second-order valence-electron chi connectivity index (χ2n) is 4.61. The van der Waals surface area contributed by atoms with E-state index in [2.05, 4.69) is 5.32 Å². The van der Waals surface area contributed by atoms with Crippen LogP contribution in [-0.2, 0) is 16.1 Å². The maximum atomic E-state index is 11.8. The Hall–Kier alpha value is -1.40. The van der Waals surface area contributed by atoms with Crippen LogP contribution in [-0.4, -0.2) is 41.0 Å². The summed E-state index contributed by atoms with van der Waals surface area (Å²) < 4.78 is 0. The van der Waals surface area contributed by atoms with Gasteiger partial charge in [-0.15, -0.1) is 11.3 Å². The van der Waals surface area contributed by atoms with Crippen molar-refractivity contribution in [3.05, 3.63) is 22.4 Å². The molecule has 104 valence electrons. The standard InChI is InChI=1S/C13H18N2O3S/c16-11(13(18)15-5-1-2-6-15)8-12(17)14-9-10-4-3-7-19-10/h3-4,7,11,16H,1-2,5-6,8-9H2,(H,14,17)/t11-/m1/s1. The minimum Gasteiger partial charge on any atom is -0.383 e. The molecule has 2 amide bonds. The zero-order valence-corrected chi connectivity index (χ0v) is 11.5. The van der Waals surface area contributed by atoms with Gasteiger partial charge in [0.1, 0.15) is 6.10 Å². The second-order valence-corrected chi connectivity index (χ2v) is 5.64. The van der Waals surface area contributed by atoms with Crippen LogP contribution in [0.3, 0.4) is 0 Å². The van der Waals surface area contributed by atoms with Gasteiger partial charge in [-0.05, 0) is 24.3 Å². The summed E-state index contributed by atoms with van der Waals surface area (Å²) in [7, 11) is 0. The van der Waals surface area contributed by atoms with E-state index >= 15 is 0 Å². The summed E-state index contributed by atoms with van der Waals surface area (Å²) >= 11 is 1.56. The molecule has 1 fully saturated rings. The quantitative estimate of drug-likeness (QED) is 0.837. The van der Waals surface area contributed by atoms with Crippen molar-refractivity contribution in [2.24, 2.45) is 0 Å². The molecule has 2 rings (SSSR count). The molecule has 0 radical (unpaired) electrons. The number of nitrogens with zero attached hydrogens (tertiary/aromatic N) is 1. The summed E-state index contributed by atoms with van der Waals surface area (Å²) in [4.78, 5) is 26.1. The van der Waals surface area contributed by atoms with Crippen molar-refractivity contribution in [1.82, 2.24) is 10.2 Å². The molecule has 6 heteroatoms. The molecule has 0 aromatic carbocycles. The molecular formula is C13H18N2O3S. The van der Waals surface area contributed by atoms with Crippen LogP contribution in [0.15, 0.2) is 17.5 Å². The van der Waals surface area contributed by atoms with Gasteiger partial charge >= 0.3 is 0 Å². The summed E-state index contributed by atoms with van der Waals surface area (Å²) in [5.41, 5.74) is 0. The van der Waals surface area contributed by atoms with Gasteiger partial charge in [0.15, 0.2) is 0 Å². The van der Waals surface area contributed by atoms with Gasteiger partial charge in [0.05, 0.1) is 13.0 Å². The number of thiophene rings is 1. The van der Waals surface area contributed by atoms with E-state index < -0.39 is 6.10 Å². The van der Waals surface area contributed by atoms with E-state index in [1.807, 2.05) is 17.5 Å². The van der Waals surface area contributed by atoms with Crippen LogP contribution < -0.4 is 5.32 Å². The number of hydrogen-bond acceptors (Lipinski definition) is 4. The molecule has 1 saturated heterocycles. The molecule has 2 heterocycles. The van der Waals surface area contributed by atoms with Gasteiger partial charge in [-0.1, -0.05) is 6.07 Å². The maximum absolute atomic E-state index is 11.8. The number of aliphatic hydroxyl groups excluding tert-OH is 1. The van der Waals surface area contributed by atoms with E-state index in [0.717, 1.165) is 17.7 Å². The van der Waals surface area contributed by atoms with Gasteiger partial charge in [0, 0.05) is 18.0 Å². The Morgan fingerprint density at radius 2 is 2.16 bits per heavy atom. The van der Waals surface area contributed by atoms with Crippen molar-refractivity contribution in [1.29, 1.82) is 0 Å². The molecule has 2 N–H and O–H groups in total. The molecule has 19 heavy (non-hydrogen) atoms. The highest BCUT2D eigenvalue weighted by Crippen LogP contribution is 2.11. The Morgan fingerprint density at radius 3 is 2.79 bits per heavy atom. The minimum absolute atomic E-state index is 0.166. The summed E-state index contributed by atoms with van der Waals surface area (Å²) in [6.45, 7) is 1.82. The number of carbonyl (C=O) groups excluding carboxylic acids is 2. The molecule has 1 aliphatic rings. The molecule has 1 aliphatic heterocycles. The molecule has 0 saturated carbocycles. The lowest BCUT2D eigenvalue weighted by Gasteiger charge is -2.19. The van der Waals surface area contributed by atoms with Crippen molar-refractivity contribution in [3.8, 4) is 0 Å². The lowest BCUT2D eigenvalue weighted by Crippen LogP contribution is -2.40. The Labute approximate surface area is 116 Å². The van der Waals surface area contributed by atoms with Gasteiger partial charge in [0.2, 0.25) is 5.91 Å². The number of nitrogens with one attached hydrogen (secondary N) is 1. The van der Waals surface area contributed by atoms with Crippen LogP contribution >= 0.6 is 11.3 Å². The highest BCUT2D eigenvalue weighted by Gasteiger charge is 2.26. The third-order valence-corrected chi connectivity index (χ3v) is 4.00. The molecule has 0 aliphatic carbocycles. The molecule has 0 bridgehead atoms. The highest BCUT2D eigenvalue weighted by molar-refractivity contribution is 7.09. The minimum atomic E-state index is -1.22. The van der Waals surface area contributed by atoms with Crippen LogP contribution in [0.4, 0.5) is 0 Å². The topological polar surface area (TPSA) is 69.6 Å². The average molecular weight is 282 g/mol. The third-order valence-electron chi connectivity index (χ3n) is 3.12. The van der Waals surface area contributed by atoms with Crippen molar-refractivity contribution in [2.75, 3.05) is 13.1 Å². The van der Waals surface area contributed by atoms with E-state index in [4.69, 9.17) is 0 Å². The lowest BCUT2D eigenvalue weighted by molar-refractivity contribution is -0.142. The van der Waals surface area contributed by atoms with Crippen molar-refractivity contribution in [2.45, 2.75) is 31.9 Å². The van der Waals surface area contributed by atoms with Gasteiger partial charge in [-0.25, -0.2) is 0 Å². The monoisotopic (exact) mass is 282 g/mol. The smallest absolute Gasteiger partial charge is 0.251 e. The Bertz CT molecular complexity index is 427.